The highest BCUT2D eigenvalue weighted by molar-refractivity contribution is 5.92. The molecule has 1 aliphatic heterocycles. The molecular weight excluding hydrogens is 268 g/mol. The predicted octanol–water partition coefficient (Wildman–Crippen LogP) is 1.87. The lowest BCUT2D eigenvalue weighted by atomic mass is 10.00. The van der Waals surface area contributed by atoms with Gasteiger partial charge in [-0.05, 0) is 37.9 Å². The van der Waals surface area contributed by atoms with Crippen molar-refractivity contribution in [3.63, 3.8) is 0 Å². The fraction of sp³-hybridized carbons (Fsp3) is 0.562. The standard InChI is InChI=1S/C16H24N2O3/c1-21-15-7-4-5-13(11-15)17-16(20)12-18-9-3-2-6-14(18)8-10-19/h4-5,7,11,14,19H,2-3,6,8-10,12H2,1H3,(H,17,20). The quantitative estimate of drug-likeness (QED) is 0.840. The summed E-state index contributed by atoms with van der Waals surface area (Å²) >= 11 is 0. The van der Waals surface area contributed by atoms with Crippen LogP contribution in [0.15, 0.2) is 24.3 Å². The zero-order valence-corrected chi connectivity index (χ0v) is 12.5. The van der Waals surface area contributed by atoms with Gasteiger partial charge in [-0.25, -0.2) is 0 Å². The van der Waals surface area contributed by atoms with Gasteiger partial charge in [0.15, 0.2) is 0 Å². The van der Waals surface area contributed by atoms with Gasteiger partial charge in [-0.2, -0.15) is 0 Å². The topological polar surface area (TPSA) is 61.8 Å². The first-order valence-corrected chi connectivity index (χ1v) is 7.51. The fourth-order valence-corrected chi connectivity index (χ4v) is 2.83. The van der Waals surface area contributed by atoms with Gasteiger partial charge in [0.05, 0.1) is 13.7 Å². The number of carbonyl (C=O) groups excluding carboxylic acids is 1. The summed E-state index contributed by atoms with van der Waals surface area (Å²) in [4.78, 5) is 14.3. The highest BCUT2D eigenvalue weighted by Gasteiger charge is 2.23. The number of hydrogen-bond acceptors (Lipinski definition) is 4. The Morgan fingerprint density at radius 1 is 1.48 bits per heavy atom. The average molecular weight is 292 g/mol. The number of nitrogens with zero attached hydrogens (tertiary/aromatic N) is 1. The highest BCUT2D eigenvalue weighted by atomic mass is 16.5. The lowest BCUT2D eigenvalue weighted by molar-refractivity contribution is -0.118. The molecule has 1 aromatic carbocycles. The molecular formula is C16H24N2O3. The van der Waals surface area contributed by atoms with E-state index in [1.54, 1.807) is 13.2 Å². The van der Waals surface area contributed by atoms with Crippen LogP contribution in [-0.2, 0) is 4.79 Å². The average Bonchev–Trinajstić information content (AvgIpc) is 2.49. The molecule has 116 valence electrons. The summed E-state index contributed by atoms with van der Waals surface area (Å²) in [6.45, 7) is 1.48. The maximum absolute atomic E-state index is 12.2. The molecule has 1 aromatic rings. The van der Waals surface area contributed by atoms with Crippen LogP contribution in [0.25, 0.3) is 0 Å². The Hall–Kier alpha value is -1.59. The number of aliphatic hydroxyl groups is 1. The van der Waals surface area contributed by atoms with Gasteiger partial charge in [0.2, 0.25) is 5.91 Å². The van der Waals surface area contributed by atoms with E-state index in [1.165, 1.54) is 6.42 Å². The van der Waals surface area contributed by atoms with Crippen LogP contribution in [0.1, 0.15) is 25.7 Å². The van der Waals surface area contributed by atoms with E-state index >= 15 is 0 Å². The molecule has 1 heterocycles. The van der Waals surface area contributed by atoms with Crippen molar-refractivity contribution in [3.8, 4) is 5.75 Å². The minimum absolute atomic E-state index is 0.0203. The number of rotatable bonds is 6. The second kappa shape index (κ2) is 8.00. The van der Waals surface area contributed by atoms with Crippen LogP contribution in [0.4, 0.5) is 5.69 Å². The third-order valence-corrected chi connectivity index (χ3v) is 3.91. The van der Waals surface area contributed by atoms with Crippen molar-refractivity contribution >= 4 is 11.6 Å². The van der Waals surface area contributed by atoms with Crippen molar-refractivity contribution in [1.82, 2.24) is 4.90 Å². The molecule has 1 atom stereocenters. The molecule has 0 saturated carbocycles. The van der Waals surface area contributed by atoms with Crippen LogP contribution in [-0.4, -0.2) is 48.8 Å². The lowest BCUT2D eigenvalue weighted by Gasteiger charge is -2.34. The first-order chi connectivity index (χ1) is 10.2. The van der Waals surface area contributed by atoms with Crippen LogP contribution >= 0.6 is 0 Å². The van der Waals surface area contributed by atoms with E-state index in [0.29, 0.717) is 12.6 Å². The van der Waals surface area contributed by atoms with E-state index in [-0.39, 0.29) is 12.5 Å². The van der Waals surface area contributed by atoms with Gasteiger partial charge in [-0.1, -0.05) is 12.5 Å². The van der Waals surface area contributed by atoms with Gasteiger partial charge in [0, 0.05) is 24.4 Å². The first-order valence-electron chi connectivity index (χ1n) is 7.51. The van der Waals surface area contributed by atoms with E-state index in [9.17, 15) is 4.79 Å². The van der Waals surface area contributed by atoms with Crippen molar-refractivity contribution in [2.45, 2.75) is 31.7 Å². The number of hydrogen-bond donors (Lipinski definition) is 2. The van der Waals surface area contributed by atoms with Crippen molar-refractivity contribution in [2.75, 3.05) is 32.1 Å². The third-order valence-electron chi connectivity index (χ3n) is 3.91. The Kier molecular flexibility index (Phi) is 6.02. The summed E-state index contributed by atoms with van der Waals surface area (Å²) in [5.74, 6) is 0.706. The molecule has 21 heavy (non-hydrogen) atoms. The molecule has 0 aromatic heterocycles. The van der Waals surface area contributed by atoms with Gasteiger partial charge in [0.1, 0.15) is 5.75 Å². The number of anilines is 1. The second-order valence-corrected chi connectivity index (χ2v) is 5.41. The molecule has 0 aliphatic carbocycles. The molecule has 1 unspecified atom stereocenters. The molecule has 0 bridgehead atoms. The number of methoxy groups -OCH3 is 1. The highest BCUT2D eigenvalue weighted by Crippen LogP contribution is 2.20. The van der Waals surface area contributed by atoms with Crippen LogP contribution in [0.5, 0.6) is 5.75 Å². The lowest BCUT2D eigenvalue weighted by Crippen LogP contribution is -2.44. The van der Waals surface area contributed by atoms with Gasteiger partial charge < -0.3 is 15.2 Å². The molecule has 2 rings (SSSR count). The van der Waals surface area contributed by atoms with Crippen LogP contribution < -0.4 is 10.1 Å². The number of likely N-dealkylation sites (tertiary alicyclic amines) is 1. The number of aliphatic hydroxyl groups excluding tert-OH is 1. The minimum atomic E-state index is -0.0203. The zero-order chi connectivity index (χ0) is 15.1. The smallest absolute Gasteiger partial charge is 0.238 e. The van der Waals surface area contributed by atoms with Gasteiger partial charge >= 0.3 is 0 Å². The molecule has 0 radical (unpaired) electrons. The molecule has 2 N–H and O–H groups in total. The largest absolute Gasteiger partial charge is 0.497 e. The summed E-state index contributed by atoms with van der Waals surface area (Å²) in [5, 5.41) is 12.0. The molecule has 5 heteroatoms. The van der Waals surface area contributed by atoms with E-state index < -0.39 is 0 Å². The summed E-state index contributed by atoms with van der Waals surface area (Å²) in [7, 11) is 1.61. The molecule has 1 amide bonds. The van der Waals surface area contributed by atoms with Gasteiger partial charge in [-0.3, -0.25) is 9.69 Å². The van der Waals surface area contributed by atoms with E-state index in [2.05, 4.69) is 10.2 Å². The second-order valence-electron chi connectivity index (χ2n) is 5.41. The maximum atomic E-state index is 12.2. The molecule has 5 nitrogen and oxygen atoms in total. The minimum Gasteiger partial charge on any atom is -0.497 e. The Morgan fingerprint density at radius 2 is 2.33 bits per heavy atom. The Bertz CT molecular complexity index is 463. The molecule has 1 aliphatic rings. The Morgan fingerprint density at radius 3 is 3.10 bits per heavy atom. The summed E-state index contributed by atoms with van der Waals surface area (Å²) < 4.78 is 5.15. The van der Waals surface area contributed by atoms with E-state index in [0.717, 1.165) is 37.2 Å². The van der Waals surface area contributed by atoms with Crippen LogP contribution in [0.3, 0.4) is 0 Å². The number of piperidine rings is 1. The van der Waals surface area contributed by atoms with Crippen molar-refractivity contribution in [3.05, 3.63) is 24.3 Å². The fourth-order valence-electron chi connectivity index (χ4n) is 2.83. The normalized spacial score (nSPS) is 19.2. The number of benzene rings is 1. The summed E-state index contributed by atoms with van der Waals surface area (Å²) in [6, 6.07) is 7.67. The number of ether oxygens (including phenoxy) is 1. The van der Waals surface area contributed by atoms with E-state index in [4.69, 9.17) is 9.84 Å². The molecule has 0 spiro atoms. The Labute approximate surface area is 125 Å². The van der Waals surface area contributed by atoms with Crippen LogP contribution in [0.2, 0.25) is 0 Å². The number of amides is 1. The molecule has 1 fully saturated rings. The van der Waals surface area contributed by atoms with Crippen molar-refractivity contribution < 1.29 is 14.6 Å². The third kappa shape index (κ3) is 4.72. The molecule has 1 saturated heterocycles. The Balaban J connectivity index is 1.90. The summed E-state index contributed by atoms with van der Waals surface area (Å²) in [6.07, 6.45) is 4.10. The monoisotopic (exact) mass is 292 g/mol. The SMILES string of the molecule is COc1cccc(NC(=O)CN2CCCCC2CCO)c1. The van der Waals surface area contributed by atoms with Crippen molar-refractivity contribution in [1.29, 1.82) is 0 Å². The van der Waals surface area contributed by atoms with Gasteiger partial charge in [0.25, 0.3) is 0 Å². The van der Waals surface area contributed by atoms with Crippen molar-refractivity contribution in [2.24, 2.45) is 0 Å². The van der Waals surface area contributed by atoms with Crippen LogP contribution in [0, 0.1) is 0 Å². The summed E-state index contributed by atoms with van der Waals surface area (Å²) in [5.41, 5.74) is 0.745. The number of nitrogens with one attached hydrogen (secondary N) is 1. The zero-order valence-electron chi connectivity index (χ0n) is 12.5. The van der Waals surface area contributed by atoms with E-state index in [1.807, 2.05) is 18.2 Å². The first kappa shape index (κ1) is 15.8. The van der Waals surface area contributed by atoms with Gasteiger partial charge in [-0.15, -0.1) is 0 Å². The predicted molar refractivity (Wildman–Crippen MR) is 82.5 cm³/mol. The maximum Gasteiger partial charge on any atom is 0.238 e. The number of carbonyl (C=O) groups is 1.